The van der Waals surface area contributed by atoms with E-state index < -0.39 is 11.4 Å². The number of carbonyl (C=O) groups is 1. The molecule has 0 aliphatic rings. The van der Waals surface area contributed by atoms with Crippen LogP contribution in [0.3, 0.4) is 0 Å². The Morgan fingerprint density at radius 1 is 1.48 bits per heavy atom. The van der Waals surface area contributed by atoms with Gasteiger partial charge < -0.3 is 9.26 Å². The molecule has 21 heavy (non-hydrogen) atoms. The van der Waals surface area contributed by atoms with Crippen molar-refractivity contribution in [2.75, 3.05) is 6.61 Å². The molecule has 0 N–H and O–H groups in total. The van der Waals surface area contributed by atoms with Crippen LogP contribution < -0.4 is 0 Å². The average molecular weight is 357 g/mol. The van der Waals surface area contributed by atoms with Crippen LogP contribution in [0.2, 0.25) is 0 Å². The van der Waals surface area contributed by atoms with Gasteiger partial charge in [-0.2, -0.15) is 4.98 Å². The quantitative estimate of drug-likeness (QED) is 0.784. The molecule has 1 aromatic heterocycles. The average Bonchev–Trinajstić information content (AvgIpc) is 2.92. The van der Waals surface area contributed by atoms with Crippen molar-refractivity contribution >= 4 is 21.9 Å². The van der Waals surface area contributed by atoms with Gasteiger partial charge in [-0.15, -0.1) is 0 Å². The van der Waals surface area contributed by atoms with Crippen LogP contribution in [-0.4, -0.2) is 22.7 Å². The lowest BCUT2D eigenvalue weighted by atomic mass is 9.94. The molecule has 0 amide bonds. The van der Waals surface area contributed by atoms with Crippen LogP contribution in [0.5, 0.6) is 0 Å². The van der Waals surface area contributed by atoms with Gasteiger partial charge >= 0.3 is 5.97 Å². The Morgan fingerprint density at radius 3 is 2.81 bits per heavy atom. The first kappa shape index (κ1) is 15.6. The number of hydrogen-bond acceptors (Lipinski definition) is 5. The van der Waals surface area contributed by atoms with E-state index in [4.69, 9.17) is 9.26 Å². The summed E-state index contributed by atoms with van der Waals surface area (Å²) in [4.78, 5) is 16.1. The summed E-state index contributed by atoms with van der Waals surface area (Å²) in [5, 5.41) is 3.83. The Hall–Kier alpha value is -1.76. The minimum atomic E-state index is -1.04. The Kier molecular flexibility index (Phi) is 4.41. The molecular formula is C14H14BrFN2O3. The molecule has 0 bridgehead atoms. The van der Waals surface area contributed by atoms with E-state index in [1.165, 1.54) is 12.1 Å². The zero-order valence-electron chi connectivity index (χ0n) is 11.8. The summed E-state index contributed by atoms with van der Waals surface area (Å²) in [7, 11) is 0. The maximum absolute atomic E-state index is 13.2. The van der Waals surface area contributed by atoms with E-state index in [1.54, 1.807) is 26.8 Å². The van der Waals surface area contributed by atoms with E-state index in [0.29, 0.717) is 10.0 Å². The van der Waals surface area contributed by atoms with Gasteiger partial charge in [0.25, 0.3) is 0 Å². The van der Waals surface area contributed by atoms with Crippen LogP contribution >= 0.6 is 15.9 Å². The summed E-state index contributed by atoms with van der Waals surface area (Å²) in [6.07, 6.45) is 0. The SMILES string of the molecule is CCOC(=O)C(C)(C)c1nc(-c2ccc(F)c(Br)c2)no1. The third kappa shape index (κ3) is 3.12. The normalized spacial score (nSPS) is 11.5. The minimum absolute atomic E-state index is 0.149. The molecule has 0 unspecified atom stereocenters. The third-order valence-corrected chi connectivity index (χ3v) is 3.53. The summed E-state index contributed by atoms with van der Waals surface area (Å²) in [6, 6.07) is 4.37. The predicted octanol–water partition coefficient (Wildman–Crippen LogP) is 3.48. The van der Waals surface area contributed by atoms with Crippen LogP contribution in [0, 0.1) is 5.82 Å². The van der Waals surface area contributed by atoms with Crippen molar-refractivity contribution in [3.8, 4) is 11.4 Å². The highest BCUT2D eigenvalue weighted by molar-refractivity contribution is 9.10. The van der Waals surface area contributed by atoms with E-state index in [9.17, 15) is 9.18 Å². The van der Waals surface area contributed by atoms with Gasteiger partial charge in [0.05, 0.1) is 11.1 Å². The number of nitrogens with zero attached hydrogens (tertiary/aromatic N) is 2. The lowest BCUT2D eigenvalue weighted by molar-refractivity contribution is -0.149. The number of halogens is 2. The highest BCUT2D eigenvalue weighted by atomic mass is 79.9. The van der Waals surface area contributed by atoms with Gasteiger partial charge in [0.2, 0.25) is 11.7 Å². The molecule has 0 aliphatic carbocycles. The minimum Gasteiger partial charge on any atom is -0.465 e. The van der Waals surface area contributed by atoms with Crippen molar-refractivity contribution in [3.63, 3.8) is 0 Å². The molecule has 0 fully saturated rings. The predicted molar refractivity (Wildman–Crippen MR) is 77.1 cm³/mol. The zero-order chi connectivity index (χ0) is 15.6. The molecule has 1 heterocycles. The van der Waals surface area contributed by atoms with Gasteiger partial charge in [0, 0.05) is 5.56 Å². The molecule has 0 atom stereocenters. The molecule has 0 aliphatic heterocycles. The summed E-state index contributed by atoms with van der Waals surface area (Å²) in [5.74, 6) is -0.394. The smallest absolute Gasteiger partial charge is 0.321 e. The van der Waals surface area contributed by atoms with Crippen LogP contribution in [0.1, 0.15) is 26.7 Å². The summed E-state index contributed by atoms with van der Waals surface area (Å²) in [5.41, 5.74) is -0.462. The fourth-order valence-corrected chi connectivity index (χ4v) is 2.01. The Labute approximate surface area is 129 Å². The highest BCUT2D eigenvalue weighted by Crippen LogP contribution is 2.27. The molecular weight excluding hydrogens is 343 g/mol. The Balaban J connectivity index is 2.33. The maximum Gasteiger partial charge on any atom is 0.321 e. The molecule has 1 aromatic carbocycles. The van der Waals surface area contributed by atoms with Gasteiger partial charge in [0.1, 0.15) is 11.2 Å². The van der Waals surface area contributed by atoms with Crippen molar-refractivity contribution in [2.24, 2.45) is 0 Å². The first-order chi connectivity index (χ1) is 9.86. The molecule has 5 nitrogen and oxygen atoms in total. The number of ether oxygens (including phenoxy) is 1. The number of hydrogen-bond donors (Lipinski definition) is 0. The van der Waals surface area contributed by atoms with Crippen LogP contribution in [0.25, 0.3) is 11.4 Å². The fourth-order valence-electron chi connectivity index (χ4n) is 1.63. The summed E-state index contributed by atoms with van der Waals surface area (Å²) < 4.78 is 23.7. The summed E-state index contributed by atoms with van der Waals surface area (Å²) >= 11 is 3.10. The monoisotopic (exact) mass is 356 g/mol. The van der Waals surface area contributed by atoms with Crippen molar-refractivity contribution in [1.29, 1.82) is 0 Å². The van der Waals surface area contributed by atoms with Crippen molar-refractivity contribution in [1.82, 2.24) is 10.1 Å². The molecule has 2 aromatic rings. The van der Waals surface area contributed by atoms with Gasteiger partial charge in [-0.3, -0.25) is 4.79 Å². The molecule has 0 saturated carbocycles. The largest absolute Gasteiger partial charge is 0.465 e. The van der Waals surface area contributed by atoms with E-state index in [1.807, 2.05) is 0 Å². The van der Waals surface area contributed by atoms with Gasteiger partial charge in [0.15, 0.2) is 0 Å². The number of esters is 1. The second kappa shape index (κ2) is 5.93. The molecule has 2 rings (SSSR count). The lowest BCUT2D eigenvalue weighted by Gasteiger charge is -2.16. The topological polar surface area (TPSA) is 65.2 Å². The fraction of sp³-hybridized carbons (Fsp3) is 0.357. The molecule has 112 valence electrons. The molecule has 0 radical (unpaired) electrons. The molecule has 7 heteroatoms. The van der Waals surface area contributed by atoms with Crippen molar-refractivity contribution in [2.45, 2.75) is 26.2 Å². The summed E-state index contributed by atoms with van der Waals surface area (Å²) in [6.45, 7) is 5.28. The lowest BCUT2D eigenvalue weighted by Crippen LogP contribution is -2.31. The number of aromatic nitrogens is 2. The molecule has 0 spiro atoms. The van der Waals surface area contributed by atoms with E-state index >= 15 is 0 Å². The third-order valence-electron chi connectivity index (χ3n) is 2.92. The zero-order valence-corrected chi connectivity index (χ0v) is 13.4. The van der Waals surface area contributed by atoms with Crippen molar-refractivity contribution in [3.05, 3.63) is 34.4 Å². The molecule has 0 saturated heterocycles. The van der Waals surface area contributed by atoms with Crippen LogP contribution in [-0.2, 0) is 14.9 Å². The van der Waals surface area contributed by atoms with Crippen LogP contribution in [0.15, 0.2) is 27.2 Å². The Morgan fingerprint density at radius 2 is 2.19 bits per heavy atom. The second-order valence-electron chi connectivity index (χ2n) is 4.90. The highest BCUT2D eigenvalue weighted by Gasteiger charge is 2.37. The van der Waals surface area contributed by atoms with Crippen LogP contribution in [0.4, 0.5) is 4.39 Å². The maximum atomic E-state index is 13.2. The first-order valence-electron chi connectivity index (χ1n) is 6.33. The van der Waals surface area contributed by atoms with E-state index in [-0.39, 0.29) is 24.1 Å². The number of rotatable bonds is 4. The van der Waals surface area contributed by atoms with Gasteiger partial charge in [-0.1, -0.05) is 5.16 Å². The van der Waals surface area contributed by atoms with E-state index in [0.717, 1.165) is 0 Å². The van der Waals surface area contributed by atoms with Gasteiger partial charge in [-0.05, 0) is 54.9 Å². The Bertz CT molecular complexity index is 670. The number of benzene rings is 1. The first-order valence-corrected chi connectivity index (χ1v) is 7.12. The standard InChI is InChI=1S/C14H14BrFN2O3/c1-4-20-13(19)14(2,3)12-17-11(18-21-12)8-5-6-10(16)9(15)7-8/h5-7H,4H2,1-3H3. The van der Waals surface area contributed by atoms with Crippen molar-refractivity contribution < 1.29 is 18.4 Å². The number of carbonyl (C=O) groups excluding carboxylic acids is 1. The van der Waals surface area contributed by atoms with E-state index in [2.05, 4.69) is 26.1 Å². The second-order valence-corrected chi connectivity index (χ2v) is 5.75. The van der Waals surface area contributed by atoms with Gasteiger partial charge in [-0.25, -0.2) is 4.39 Å².